The third-order valence-corrected chi connectivity index (χ3v) is 1.18. The van der Waals surface area contributed by atoms with Crippen LogP contribution in [0.2, 0.25) is 0 Å². The minimum atomic E-state index is -0.825. The Labute approximate surface area is 60.9 Å². The number of carbonyl (C=O) groups is 1. The number of hydrogen-bond acceptors (Lipinski definition) is 1. The van der Waals surface area contributed by atoms with Crippen LogP contribution in [0.25, 0.3) is 0 Å². The van der Waals surface area contributed by atoms with Gasteiger partial charge in [-0.15, -0.1) is 6.58 Å². The molecule has 0 aliphatic carbocycles. The molecular formula is C8H11O2. The molecule has 1 atom stereocenters. The van der Waals surface area contributed by atoms with Crippen LogP contribution in [-0.4, -0.2) is 11.1 Å². The Kier molecular flexibility index (Phi) is 4.29. The number of aliphatic carboxylic acids is 1. The Bertz CT molecular complexity index is 138. The van der Waals surface area contributed by atoms with Crippen LogP contribution in [0.3, 0.4) is 0 Å². The molecule has 2 nitrogen and oxygen atoms in total. The van der Waals surface area contributed by atoms with E-state index in [1.165, 1.54) is 6.08 Å². The summed E-state index contributed by atoms with van der Waals surface area (Å²) in [6.07, 6.45) is 3.78. The van der Waals surface area contributed by atoms with Gasteiger partial charge in [0.15, 0.2) is 0 Å². The highest BCUT2D eigenvalue weighted by Gasteiger charge is 2.06. The Morgan fingerprint density at radius 1 is 1.80 bits per heavy atom. The predicted octanol–water partition coefficient (Wildman–Crippen LogP) is 1.64. The molecule has 1 unspecified atom stereocenters. The van der Waals surface area contributed by atoms with Gasteiger partial charge in [0.1, 0.15) is 0 Å². The summed E-state index contributed by atoms with van der Waals surface area (Å²) < 4.78 is 0. The van der Waals surface area contributed by atoms with Gasteiger partial charge in [0, 0.05) is 0 Å². The summed E-state index contributed by atoms with van der Waals surface area (Å²) in [5.41, 5.74) is 0. The second-order valence-corrected chi connectivity index (χ2v) is 2.07. The summed E-state index contributed by atoms with van der Waals surface area (Å²) in [6.45, 7) is 8.66. The van der Waals surface area contributed by atoms with E-state index in [1.54, 1.807) is 6.08 Å². The van der Waals surface area contributed by atoms with E-state index >= 15 is 0 Å². The van der Waals surface area contributed by atoms with Crippen molar-refractivity contribution in [2.24, 2.45) is 5.92 Å². The zero-order valence-electron chi connectivity index (χ0n) is 5.79. The Morgan fingerprint density at radius 3 is 2.70 bits per heavy atom. The molecule has 0 aromatic carbocycles. The molecule has 0 aromatic heterocycles. The Morgan fingerprint density at radius 2 is 2.40 bits per heavy atom. The third kappa shape index (κ3) is 3.89. The van der Waals surface area contributed by atoms with Gasteiger partial charge in [0.2, 0.25) is 0 Å². The normalized spacial score (nSPS) is 12.0. The molecule has 0 bridgehead atoms. The Hall–Kier alpha value is -1.05. The van der Waals surface area contributed by atoms with Crippen LogP contribution in [0.15, 0.2) is 18.7 Å². The lowest BCUT2D eigenvalue weighted by Crippen LogP contribution is -2.03. The molecule has 0 aromatic rings. The van der Waals surface area contributed by atoms with Crippen LogP contribution < -0.4 is 0 Å². The first kappa shape index (κ1) is 8.95. The lowest BCUT2D eigenvalue weighted by atomic mass is 10.0. The van der Waals surface area contributed by atoms with Crippen molar-refractivity contribution in [3.8, 4) is 0 Å². The van der Waals surface area contributed by atoms with Crippen molar-refractivity contribution in [1.82, 2.24) is 0 Å². The smallest absolute Gasteiger partial charge is 0.303 e. The second-order valence-electron chi connectivity index (χ2n) is 2.07. The van der Waals surface area contributed by atoms with Crippen LogP contribution in [0, 0.1) is 12.5 Å². The highest BCUT2D eigenvalue weighted by molar-refractivity contribution is 5.67. The number of carboxylic acids is 1. The molecule has 2 heteroatoms. The van der Waals surface area contributed by atoms with Crippen LogP contribution in [0.5, 0.6) is 0 Å². The summed E-state index contributed by atoms with van der Waals surface area (Å²) in [5.74, 6) is -0.899. The fourth-order valence-electron chi connectivity index (χ4n) is 0.668. The van der Waals surface area contributed by atoms with Crippen molar-refractivity contribution in [2.45, 2.75) is 12.8 Å². The molecule has 0 fully saturated rings. The van der Waals surface area contributed by atoms with Gasteiger partial charge in [-0.2, -0.15) is 0 Å². The molecule has 10 heavy (non-hydrogen) atoms. The second kappa shape index (κ2) is 4.79. The van der Waals surface area contributed by atoms with Crippen molar-refractivity contribution in [3.63, 3.8) is 0 Å². The van der Waals surface area contributed by atoms with Gasteiger partial charge in [0.25, 0.3) is 0 Å². The molecule has 1 N–H and O–H groups in total. The van der Waals surface area contributed by atoms with Crippen molar-refractivity contribution < 1.29 is 9.90 Å². The largest absolute Gasteiger partial charge is 0.481 e. The fourth-order valence-corrected chi connectivity index (χ4v) is 0.668. The highest BCUT2D eigenvalue weighted by Crippen LogP contribution is 2.09. The standard InChI is InChI=1S/C8H11O2/c1-3-5-7(4-2)6-8(9)10/h2-4,7H,1,5-6H2,(H,9,10). The third-order valence-electron chi connectivity index (χ3n) is 1.18. The number of allylic oxidation sites excluding steroid dienone is 2. The average Bonchev–Trinajstić information content (AvgIpc) is 1.86. The van der Waals surface area contributed by atoms with E-state index in [2.05, 4.69) is 6.58 Å². The summed E-state index contributed by atoms with van der Waals surface area (Å²) in [4.78, 5) is 10.1. The topological polar surface area (TPSA) is 37.3 Å². The van der Waals surface area contributed by atoms with Crippen LogP contribution in [0.1, 0.15) is 12.8 Å². The molecule has 0 saturated heterocycles. The van der Waals surface area contributed by atoms with Crippen LogP contribution >= 0.6 is 0 Å². The molecule has 0 spiro atoms. The van der Waals surface area contributed by atoms with Crippen LogP contribution in [-0.2, 0) is 4.79 Å². The van der Waals surface area contributed by atoms with Crippen LogP contribution in [0.4, 0.5) is 0 Å². The molecule has 0 heterocycles. The molecular weight excluding hydrogens is 128 g/mol. The molecule has 55 valence electrons. The van der Waals surface area contributed by atoms with E-state index < -0.39 is 5.97 Å². The average molecular weight is 139 g/mol. The molecule has 0 aliphatic heterocycles. The Balaban J connectivity index is 3.70. The number of carboxylic acid groups (broad SMARTS) is 1. The lowest BCUT2D eigenvalue weighted by molar-refractivity contribution is -0.137. The summed E-state index contributed by atoms with van der Waals surface area (Å²) in [5, 5.41) is 8.33. The molecule has 0 aliphatic rings. The number of rotatable bonds is 5. The predicted molar refractivity (Wildman–Crippen MR) is 39.4 cm³/mol. The molecule has 1 radical (unpaired) electrons. The summed E-state index contributed by atoms with van der Waals surface area (Å²) >= 11 is 0. The van der Waals surface area contributed by atoms with E-state index in [-0.39, 0.29) is 12.3 Å². The van der Waals surface area contributed by atoms with E-state index in [1.807, 2.05) is 0 Å². The molecule has 0 rings (SSSR count). The van der Waals surface area contributed by atoms with E-state index in [4.69, 9.17) is 11.7 Å². The van der Waals surface area contributed by atoms with Crippen molar-refractivity contribution in [2.75, 3.05) is 0 Å². The zero-order valence-corrected chi connectivity index (χ0v) is 5.79. The highest BCUT2D eigenvalue weighted by atomic mass is 16.4. The first-order chi connectivity index (χ1) is 4.70. The van der Waals surface area contributed by atoms with Gasteiger partial charge in [-0.05, 0) is 12.3 Å². The lowest BCUT2D eigenvalue weighted by Gasteiger charge is -2.03. The van der Waals surface area contributed by atoms with Crippen molar-refractivity contribution in [1.29, 1.82) is 0 Å². The SMILES string of the molecule is [CH]=CC(CC=C)CC(=O)O. The van der Waals surface area contributed by atoms with Crippen molar-refractivity contribution >= 4 is 5.97 Å². The zero-order chi connectivity index (χ0) is 7.98. The quantitative estimate of drug-likeness (QED) is 0.588. The van der Waals surface area contributed by atoms with Gasteiger partial charge in [-0.25, -0.2) is 0 Å². The van der Waals surface area contributed by atoms with Gasteiger partial charge in [-0.1, -0.05) is 18.7 Å². The van der Waals surface area contributed by atoms with Crippen molar-refractivity contribution in [3.05, 3.63) is 25.3 Å². The van der Waals surface area contributed by atoms with Gasteiger partial charge in [0.05, 0.1) is 6.42 Å². The van der Waals surface area contributed by atoms with E-state index in [9.17, 15) is 4.79 Å². The maximum Gasteiger partial charge on any atom is 0.303 e. The first-order valence-corrected chi connectivity index (χ1v) is 3.08. The summed E-state index contributed by atoms with van der Waals surface area (Å²) in [7, 11) is 0. The minimum Gasteiger partial charge on any atom is -0.481 e. The first-order valence-electron chi connectivity index (χ1n) is 3.08. The number of hydrogen-bond donors (Lipinski definition) is 1. The van der Waals surface area contributed by atoms with E-state index in [0.29, 0.717) is 6.42 Å². The maximum absolute atomic E-state index is 10.1. The fraction of sp³-hybridized carbons (Fsp3) is 0.375. The molecule has 0 amide bonds. The van der Waals surface area contributed by atoms with Gasteiger partial charge in [-0.3, -0.25) is 4.79 Å². The molecule has 0 saturated carbocycles. The minimum absolute atomic E-state index is 0.0741. The van der Waals surface area contributed by atoms with Gasteiger partial charge >= 0.3 is 5.97 Å². The van der Waals surface area contributed by atoms with Gasteiger partial charge < -0.3 is 5.11 Å². The van der Waals surface area contributed by atoms with E-state index in [0.717, 1.165) is 0 Å². The maximum atomic E-state index is 10.1. The summed E-state index contributed by atoms with van der Waals surface area (Å²) in [6, 6.07) is 0. The monoisotopic (exact) mass is 139 g/mol.